The third kappa shape index (κ3) is 16.9. The van der Waals surface area contributed by atoms with Crippen molar-refractivity contribution in [3.8, 4) is 39.8 Å². The number of phenolic OH excluding ortho intramolecular Hbond substituents is 1. The van der Waals surface area contributed by atoms with Crippen LogP contribution in [-0.2, 0) is 39.2 Å². The largest absolute Gasteiger partial charge is 0.504 e. The number of phenols is 1. The molecular formula is C58H75N7O22S. The van der Waals surface area contributed by atoms with Gasteiger partial charge in [-0.1, -0.05) is 50.0 Å². The van der Waals surface area contributed by atoms with E-state index in [4.69, 9.17) is 15.0 Å². The summed E-state index contributed by atoms with van der Waals surface area (Å²) >= 11 is 0. The summed E-state index contributed by atoms with van der Waals surface area (Å²) in [4.78, 5) is 101. The summed E-state index contributed by atoms with van der Waals surface area (Å²) in [6.45, 7) is 4.32. The van der Waals surface area contributed by atoms with Crippen LogP contribution in [0.4, 0.5) is 0 Å². The summed E-state index contributed by atoms with van der Waals surface area (Å²) in [5.41, 5.74) is 6.66. The summed E-state index contributed by atoms with van der Waals surface area (Å²) < 4.78 is 48.2. The number of aromatic nitrogens is 1. The fourth-order valence-corrected chi connectivity index (χ4v) is 11.4. The van der Waals surface area contributed by atoms with Crippen LogP contribution in [0.15, 0.2) is 77.3 Å². The van der Waals surface area contributed by atoms with Gasteiger partial charge >= 0.3 is 10.4 Å². The molecule has 3 aliphatic rings. The van der Waals surface area contributed by atoms with Crippen LogP contribution in [0, 0.1) is 17.8 Å². The van der Waals surface area contributed by atoms with Crippen molar-refractivity contribution in [2.24, 2.45) is 23.5 Å². The second kappa shape index (κ2) is 29.6. The lowest BCUT2D eigenvalue weighted by Crippen LogP contribution is -2.58. The third-order valence-electron chi connectivity index (χ3n) is 15.9. The predicted molar refractivity (Wildman–Crippen MR) is 306 cm³/mol. The Kier molecular flexibility index (Phi) is 22.8. The highest BCUT2D eigenvalue weighted by atomic mass is 32.3. The maximum absolute atomic E-state index is 14.7. The Morgan fingerprint density at radius 2 is 1.51 bits per heavy atom. The molecule has 4 aromatic rings. The van der Waals surface area contributed by atoms with Crippen LogP contribution < -0.4 is 30.6 Å². The molecule has 1 aromatic heterocycles. The smallest absolute Gasteiger partial charge is 0.446 e. The van der Waals surface area contributed by atoms with Gasteiger partial charge in [0, 0.05) is 60.6 Å². The monoisotopic (exact) mass is 1250 g/mol. The van der Waals surface area contributed by atoms with Gasteiger partial charge in [0.15, 0.2) is 29.3 Å². The second-order valence-corrected chi connectivity index (χ2v) is 23.6. The lowest BCUT2D eigenvalue weighted by atomic mass is 9.86. The number of benzene rings is 3. The Morgan fingerprint density at radius 1 is 0.841 bits per heavy atom. The van der Waals surface area contributed by atoms with Crippen molar-refractivity contribution in [2.75, 3.05) is 19.7 Å². The van der Waals surface area contributed by atoms with E-state index in [2.05, 4.69) is 32.2 Å². The average molecular weight is 1250 g/mol. The molecule has 15 atom stereocenters. The normalized spacial score (nSPS) is 26.8. The number of rotatable bonds is 18. The second-order valence-electron chi connectivity index (χ2n) is 22.6. The molecule has 0 bridgehead atoms. The van der Waals surface area contributed by atoms with E-state index in [1.54, 1.807) is 18.2 Å². The van der Waals surface area contributed by atoms with Crippen LogP contribution in [-0.4, -0.2) is 202 Å². The van der Waals surface area contributed by atoms with Crippen molar-refractivity contribution in [3.05, 3.63) is 83.9 Å². The van der Waals surface area contributed by atoms with Crippen molar-refractivity contribution in [1.29, 1.82) is 0 Å². The average Bonchev–Trinajstić information content (AvgIpc) is 2.71. The molecule has 480 valence electrons. The van der Waals surface area contributed by atoms with Crippen LogP contribution in [0.1, 0.15) is 101 Å². The number of hydrogen-bond acceptors (Lipinski definition) is 22. The first-order valence-corrected chi connectivity index (χ1v) is 30.0. The number of aliphatic hydroxyl groups excluding tert-OH is 8. The molecule has 30 heteroatoms. The summed E-state index contributed by atoms with van der Waals surface area (Å²) in [7, 11) is -5.32. The first-order valence-electron chi connectivity index (χ1n) is 28.6. The summed E-state index contributed by atoms with van der Waals surface area (Å²) in [6.07, 6.45) is -17.0. The Bertz CT molecular complexity index is 3240. The van der Waals surface area contributed by atoms with Gasteiger partial charge in [0.25, 0.3) is 5.91 Å². The van der Waals surface area contributed by atoms with E-state index < -0.39 is 198 Å². The zero-order valence-electron chi connectivity index (χ0n) is 48.3. The van der Waals surface area contributed by atoms with Gasteiger partial charge in [-0.05, 0) is 86.7 Å². The fraction of sp³-hybridized carbons (Fsp3) is 0.517. The highest BCUT2D eigenvalue weighted by molar-refractivity contribution is 7.81. The molecule has 3 aliphatic heterocycles. The van der Waals surface area contributed by atoms with E-state index in [9.17, 15) is 92.5 Å². The quantitative estimate of drug-likeness (QED) is 0.0424. The zero-order chi connectivity index (χ0) is 64.5. The topological polar surface area (TPSA) is 469 Å². The number of unbranched alkanes of at least 4 members (excludes halogenated alkanes) is 2. The van der Waals surface area contributed by atoms with Crippen LogP contribution in [0.25, 0.3) is 22.6 Å². The van der Waals surface area contributed by atoms with Gasteiger partial charge in [0.1, 0.15) is 47.9 Å². The molecule has 15 N–H and O–H groups in total. The van der Waals surface area contributed by atoms with E-state index >= 15 is 0 Å². The third-order valence-corrected chi connectivity index (χ3v) is 16.3. The standard InChI is InChI=1S/C58H75N7O22S/c1-4-5-6-19-85-36-15-11-31(12-16-36)45-24-39(63-86-45)30-7-9-32(10-8-30)53(76)60-34-14-17-37(29(3)66)57(80)64-27-35(67)22-40(64)54(77)61-48(52(75)51(74)33-13-18-41(68)46(20-33)87-88(82,83)84)43(70)23-38(42(69)25-47(59)72)58(81)65-26-28(2)50(73)49(65)56(79)62-55(78)44(71)21-34/h7-13,15-16,18,20,24,28-29,34-35,37-38,40,42,44,48-52,55,66-69,71,73-75,78H,4-6,14,17,19,21-23,25-27H2,1-3H3,(H2,59,72)(H,60,76)(H,61,77)(H,62,79)(H,82,83,84)/t28-,29+,34+,35+,37-,38-,40-,42+,44+,48+,49-,50-,51-,52-,55+/m0/s1. The number of aliphatic hydroxyl groups is 8. The SMILES string of the molecule is CCCCCOc1ccc(-c2cc(-c3ccc(C(=O)N[C@@H]4CC[C@@H]([C@@H](C)O)C(=O)N5C[C@H](O)C[C@H]5C(=O)N[C@@H]([C@H](O)[C@@H](O)c5ccc(O)c(OS(=O)(=O)O)c5)C(=O)C[C@@H]([C@H](O)CC(N)=O)C(=O)N5C[C@H](C)[C@H](O)[C@H]5C(=O)N[C@H](O)[C@H](O)C4)cc3)no2)cc1. The maximum Gasteiger partial charge on any atom is 0.446 e. The minimum Gasteiger partial charge on any atom is -0.504 e. The summed E-state index contributed by atoms with van der Waals surface area (Å²) in [6, 6.07) is 10.1. The number of carbonyl (C=O) groups excluding carboxylic acids is 7. The molecular weight excluding hydrogens is 1180 g/mol. The van der Waals surface area contributed by atoms with Gasteiger partial charge < -0.3 is 90.9 Å². The number of amides is 6. The lowest BCUT2D eigenvalue weighted by molar-refractivity contribution is -0.151. The van der Waals surface area contributed by atoms with Gasteiger partial charge in [-0.2, -0.15) is 8.42 Å². The number of Topliss-reactive ketones (excluding diaryl/α,β-unsaturated/α-hetero) is 1. The number of nitrogens with two attached hydrogens (primary N) is 1. The molecule has 0 saturated carbocycles. The Labute approximate surface area is 505 Å². The number of ketones is 1. The maximum atomic E-state index is 14.7. The first kappa shape index (κ1) is 67.9. The number of aromatic hydroxyl groups is 1. The molecule has 3 fully saturated rings. The van der Waals surface area contributed by atoms with Crippen molar-refractivity contribution >= 4 is 51.6 Å². The van der Waals surface area contributed by atoms with Crippen molar-refractivity contribution in [3.63, 3.8) is 0 Å². The van der Waals surface area contributed by atoms with Crippen molar-refractivity contribution in [1.82, 2.24) is 30.9 Å². The number of hydrogen-bond donors (Lipinski definition) is 14. The lowest BCUT2D eigenvalue weighted by Gasteiger charge is -2.34. The molecule has 3 aromatic carbocycles. The minimum absolute atomic E-state index is 0.0810. The summed E-state index contributed by atoms with van der Waals surface area (Å²) in [5.74, 6) is -13.4. The van der Waals surface area contributed by atoms with Gasteiger partial charge in [0.2, 0.25) is 29.5 Å². The number of nitrogens with one attached hydrogen (secondary N) is 3. The molecule has 0 spiro atoms. The van der Waals surface area contributed by atoms with E-state index in [0.29, 0.717) is 35.4 Å². The fourth-order valence-electron chi connectivity index (χ4n) is 11.1. The first-order chi connectivity index (χ1) is 41.5. The van der Waals surface area contributed by atoms with Crippen molar-refractivity contribution in [2.45, 2.75) is 152 Å². The van der Waals surface area contributed by atoms with Gasteiger partial charge in [-0.15, -0.1) is 0 Å². The molecule has 6 amide bonds. The van der Waals surface area contributed by atoms with Gasteiger partial charge in [0.05, 0.1) is 49.3 Å². The molecule has 4 heterocycles. The number of fused-ring (bicyclic) bond motifs is 2. The molecule has 0 unspecified atom stereocenters. The van der Waals surface area contributed by atoms with Gasteiger partial charge in [-0.3, -0.25) is 38.1 Å². The predicted octanol–water partition coefficient (Wildman–Crippen LogP) is -0.900. The van der Waals surface area contributed by atoms with Crippen LogP contribution in [0.2, 0.25) is 0 Å². The van der Waals surface area contributed by atoms with Crippen LogP contribution in [0.5, 0.6) is 17.2 Å². The van der Waals surface area contributed by atoms with E-state index in [0.717, 1.165) is 46.8 Å². The molecule has 7 rings (SSSR count). The Hall–Kier alpha value is -7.65. The zero-order valence-corrected chi connectivity index (χ0v) is 49.1. The van der Waals surface area contributed by atoms with E-state index in [1.165, 1.54) is 26.0 Å². The number of primary amides is 1. The highest BCUT2D eigenvalue weighted by Crippen LogP contribution is 2.35. The minimum atomic E-state index is -5.32. The van der Waals surface area contributed by atoms with Crippen molar-refractivity contribution < 1.29 is 106 Å². The Balaban J connectivity index is 1.21. The molecule has 0 aliphatic carbocycles. The van der Waals surface area contributed by atoms with E-state index in [1.807, 2.05) is 24.3 Å². The number of carbonyl (C=O) groups is 7. The summed E-state index contributed by atoms with van der Waals surface area (Å²) in [5, 5.41) is 113. The number of nitrogens with zero attached hydrogens (tertiary/aromatic N) is 3. The number of ether oxygens (including phenoxy) is 1. The van der Waals surface area contributed by atoms with E-state index in [-0.39, 0.29) is 18.4 Å². The molecule has 29 nitrogen and oxygen atoms in total. The molecule has 3 saturated heterocycles. The Morgan fingerprint density at radius 3 is 2.16 bits per heavy atom. The molecule has 88 heavy (non-hydrogen) atoms. The van der Waals surface area contributed by atoms with Gasteiger partial charge in [-0.25, -0.2) is 0 Å². The highest BCUT2D eigenvalue weighted by Gasteiger charge is 2.50. The molecule has 0 radical (unpaired) electrons. The van der Waals surface area contributed by atoms with Crippen LogP contribution in [0.3, 0.4) is 0 Å². The van der Waals surface area contributed by atoms with Crippen LogP contribution >= 0.6 is 0 Å².